The van der Waals surface area contributed by atoms with Gasteiger partial charge in [0.25, 0.3) is 0 Å². The van der Waals surface area contributed by atoms with Gasteiger partial charge in [0.15, 0.2) is 15.0 Å². The molecule has 32 heavy (non-hydrogen) atoms. The smallest absolute Gasteiger partial charge is 0.230 e. The molecule has 0 spiro atoms. The van der Waals surface area contributed by atoms with Gasteiger partial charge in [-0.15, -0.1) is 0 Å². The van der Waals surface area contributed by atoms with Gasteiger partial charge in [-0.05, 0) is 42.0 Å². The molecule has 5 nitrogen and oxygen atoms in total. The molecule has 0 aliphatic rings. The summed E-state index contributed by atoms with van der Waals surface area (Å²) in [4.78, 5) is 18.7. The van der Waals surface area contributed by atoms with Crippen molar-refractivity contribution >= 4 is 42.4 Å². The Morgan fingerprint density at radius 2 is 1.66 bits per heavy atom. The van der Waals surface area contributed by atoms with Crippen molar-refractivity contribution in [2.75, 3.05) is 10.7 Å². The zero-order valence-electron chi connectivity index (χ0n) is 16.7. The summed E-state index contributed by atoms with van der Waals surface area (Å²) in [5.41, 5.74) is 0.985. The van der Waals surface area contributed by atoms with Gasteiger partial charge in [0.2, 0.25) is 5.91 Å². The lowest BCUT2D eigenvalue weighted by molar-refractivity contribution is -0.118. The fourth-order valence-electron chi connectivity index (χ4n) is 3.16. The van der Waals surface area contributed by atoms with Gasteiger partial charge >= 0.3 is 0 Å². The van der Waals surface area contributed by atoms with Crippen molar-refractivity contribution in [1.82, 2.24) is 4.98 Å². The van der Waals surface area contributed by atoms with Gasteiger partial charge in [-0.25, -0.2) is 22.2 Å². The third-order valence-corrected chi connectivity index (χ3v) is 7.61. The lowest BCUT2D eigenvalue weighted by atomic mass is 10.2. The van der Waals surface area contributed by atoms with E-state index >= 15 is 0 Å². The van der Waals surface area contributed by atoms with Crippen LogP contribution >= 0.6 is 11.3 Å². The summed E-state index contributed by atoms with van der Waals surface area (Å²) in [6, 6.07) is 18.2. The number of carbonyl (C=O) groups is 1. The molecule has 0 unspecified atom stereocenters. The van der Waals surface area contributed by atoms with Crippen LogP contribution in [0, 0.1) is 11.6 Å². The van der Waals surface area contributed by atoms with Crippen LogP contribution in [0.1, 0.15) is 12.0 Å². The van der Waals surface area contributed by atoms with E-state index in [4.69, 9.17) is 0 Å². The molecule has 4 aromatic rings. The molecule has 164 valence electrons. The Balaban J connectivity index is 1.61. The van der Waals surface area contributed by atoms with Crippen LogP contribution in [0.5, 0.6) is 0 Å². The second kappa shape index (κ2) is 9.13. The Morgan fingerprint density at radius 1 is 0.938 bits per heavy atom. The minimum absolute atomic E-state index is 0.0524. The monoisotopic (exact) mass is 472 g/mol. The van der Waals surface area contributed by atoms with Crippen molar-refractivity contribution in [3.63, 3.8) is 0 Å². The van der Waals surface area contributed by atoms with E-state index in [1.54, 1.807) is 12.1 Å². The molecule has 1 amide bonds. The molecule has 0 fully saturated rings. The summed E-state index contributed by atoms with van der Waals surface area (Å²) in [7, 11) is -3.78. The van der Waals surface area contributed by atoms with Crippen molar-refractivity contribution in [3.05, 3.63) is 90.0 Å². The van der Waals surface area contributed by atoms with Crippen molar-refractivity contribution in [1.29, 1.82) is 0 Å². The summed E-state index contributed by atoms with van der Waals surface area (Å²) in [6.45, 7) is 0.164. The van der Waals surface area contributed by atoms with Gasteiger partial charge in [0.05, 0.1) is 21.9 Å². The number of carbonyl (C=O) groups excluding carboxylic acids is 1. The van der Waals surface area contributed by atoms with E-state index < -0.39 is 33.1 Å². The number of halogens is 2. The van der Waals surface area contributed by atoms with Crippen molar-refractivity contribution in [2.45, 2.75) is 17.9 Å². The van der Waals surface area contributed by atoms with Gasteiger partial charge in [-0.1, -0.05) is 47.7 Å². The lowest BCUT2D eigenvalue weighted by Gasteiger charge is -2.20. The normalized spacial score (nSPS) is 11.6. The van der Waals surface area contributed by atoms with E-state index in [1.807, 2.05) is 30.3 Å². The average Bonchev–Trinajstić information content (AvgIpc) is 3.22. The Kier molecular flexibility index (Phi) is 6.29. The first kappa shape index (κ1) is 22.0. The minimum Gasteiger partial charge on any atom is -0.284 e. The number of fused-ring (bicyclic) bond motifs is 1. The topological polar surface area (TPSA) is 67.3 Å². The van der Waals surface area contributed by atoms with E-state index in [2.05, 4.69) is 4.98 Å². The maximum Gasteiger partial charge on any atom is 0.230 e. The maximum atomic E-state index is 14.1. The van der Waals surface area contributed by atoms with E-state index in [9.17, 15) is 22.0 Å². The molecule has 3 aromatic carbocycles. The van der Waals surface area contributed by atoms with Crippen LogP contribution in [0.15, 0.2) is 77.7 Å². The summed E-state index contributed by atoms with van der Waals surface area (Å²) < 4.78 is 53.0. The number of anilines is 1. The zero-order valence-corrected chi connectivity index (χ0v) is 18.4. The SMILES string of the molecule is O=C(CCS(=O)(=O)c1ccc(F)cc1)N(Cc1ccccc1)c1nc2c(F)cccc2s1. The predicted octanol–water partition coefficient (Wildman–Crippen LogP) is 4.97. The van der Waals surface area contributed by atoms with Crippen LogP contribution in [-0.4, -0.2) is 25.1 Å². The first-order valence-electron chi connectivity index (χ1n) is 9.71. The minimum atomic E-state index is -3.78. The highest BCUT2D eigenvalue weighted by atomic mass is 32.2. The lowest BCUT2D eigenvalue weighted by Crippen LogP contribution is -2.31. The van der Waals surface area contributed by atoms with Gasteiger partial charge in [-0.2, -0.15) is 0 Å². The van der Waals surface area contributed by atoms with Crippen LogP contribution < -0.4 is 4.90 Å². The van der Waals surface area contributed by atoms with Crippen LogP contribution in [0.2, 0.25) is 0 Å². The van der Waals surface area contributed by atoms with Gasteiger partial charge in [0, 0.05) is 6.42 Å². The van der Waals surface area contributed by atoms with E-state index in [-0.39, 0.29) is 28.5 Å². The molecule has 0 bridgehead atoms. The Bertz CT molecular complexity index is 1360. The quantitative estimate of drug-likeness (QED) is 0.356. The number of nitrogens with zero attached hydrogens (tertiary/aromatic N) is 2. The molecule has 0 aliphatic carbocycles. The van der Waals surface area contributed by atoms with Crippen LogP contribution in [-0.2, 0) is 21.2 Å². The average molecular weight is 473 g/mol. The second-order valence-electron chi connectivity index (χ2n) is 7.07. The Hall–Kier alpha value is -3.17. The Labute approximate surface area is 187 Å². The maximum absolute atomic E-state index is 14.1. The highest BCUT2D eigenvalue weighted by Gasteiger charge is 2.24. The summed E-state index contributed by atoms with van der Waals surface area (Å²) in [5, 5.41) is 0.290. The predicted molar refractivity (Wildman–Crippen MR) is 120 cm³/mol. The van der Waals surface area contributed by atoms with E-state index in [0.29, 0.717) is 4.70 Å². The molecule has 0 aliphatic heterocycles. The van der Waals surface area contributed by atoms with Gasteiger partial charge < -0.3 is 0 Å². The molecule has 1 heterocycles. The summed E-state index contributed by atoms with van der Waals surface area (Å²) in [6.07, 6.45) is -0.301. The molecule has 0 N–H and O–H groups in total. The molecule has 0 saturated carbocycles. The van der Waals surface area contributed by atoms with Gasteiger partial charge in [0.1, 0.15) is 17.2 Å². The highest BCUT2D eigenvalue weighted by Crippen LogP contribution is 2.31. The number of aromatic nitrogens is 1. The fraction of sp³-hybridized carbons (Fsp3) is 0.130. The molecular formula is C23H18F2N2O3S2. The third-order valence-electron chi connectivity index (χ3n) is 4.83. The molecule has 4 rings (SSSR count). The van der Waals surface area contributed by atoms with E-state index in [0.717, 1.165) is 29.0 Å². The molecule has 0 saturated heterocycles. The van der Waals surface area contributed by atoms with Crippen molar-refractivity contribution < 1.29 is 22.0 Å². The standard InChI is InChI=1S/C23H18F2N2O3S2/c24-17-9-11-18(12-10-17)32(29,30)14-13-21(28)27(15-16-5-2-1-3-6-16)23-26-22-19(25)7-4-8-20(22)31-23/h1-12H,13-15H2. The first-order chi connectivity index (χ1) is 15.3. The number of hydrogen-bond acceptors (Lipinski definition) is 5. The number of hydrogen-bond donors (Lipinski definition) is 0. The third kappa shape index (κ3) is 4.84. The molecule has 0 atom stereocenters. The fourth-order valence-corrected chi connectivity index (χ4v) is 5.39. The summed E-state index contributed by atoms with van der Waals surface area (Å²) in [5.74, 6) is -1.94. The molecule has 1 aromatic heterocycles. The molecule has 0 radical (unpaired) electrons. The number of para-hydroxylation sites is 1. The zero-order chi connectivity index (χ0) is 22.7. The number of benzene rings is 3. The number of thiazole rings is 1. The molecular weight excluding hydrogens is 454 g/mol. The molecule has 9 heteroatoms. The number of amides is 1. The van der Waals surface area contributed by atoms with Crippen molar-refractivity contribution in [3.8, 4) is 0 Å². The summed E-state index contributed by atoms with van der Waals surface area (Å²) >= 11 is 1.16. The second-order valence-corrected chi connectivity index (χ2v) is 10.2. The van der Waals surface area contributed by atoms with E-state index in [1.165, 1.54) is 23.1 Å². The highest BCUT2D eigenvalue weighted by molar-refractivity contribution is 7.91. The van der Waals surface area contributed by atoms with Crippen LogP contribution in [0.3, 0.4) is 0 Å². The number of sulfone groups is 1. The number of rotatable bonds is 7. The van der Waals surface area contributed by atoms with Gasteiger partial charge in [-0.3, -0.25) is 9.69 Å². The van der Waals surface area contributed by atoms with Crippen LogP contribution in [0.25, 0.3) is 10.2 Å². The first-order valence-corrected chi connectivity index (χ1v) is 12.2. The van der Waals surface area contributed by atoms with Crippen LogP contribution in [0.4, 0.5) is 13.9 Å². The Morgan fingerprint density at radius 3 is 2.34 bits per heavy atom. The largest absolute Gasteiger partial charge is 0.284 e. The van der Waals surface area contributed by atoms with Crippen molar-refractivity contribution in [2.24, 2.45) is 0 Å².